The van der Waals surface area contributed by atoms with Gasteiger partial charge in [0.1, 0.15) is 15.7 Å². The van der Waals surface area contributed by atoms with Gasteiger partial charge in [-0.3, -0.25) is 4.79 Å². The Morgan fingerprint density at radius 3 is 2.79 bits per heavy atom. The van der Waals surface area contributed by atoms with Gasteiger partial charge in [0, 0.05) is 23.4 Å². The molecule has 3 rings (SSSR count). The number of hydrogen-bond acceptors (Lipinski definition) is 5. The molecular weight excluding hydrogens is 338 g/mol. The zero-order valence-electron chi connectivity index (χ0n) is 14.7. The molecule has 2 aromatic heterocycles. The maximum absolute atomic E-state index is 12.6. The number of rotatable bonds is 5. The Morgan fingerprint density at radius 2 is 2.08 bits per heavy atom. The van der Waals surface area contributed by atoms with Crippen molar-refractivity contribution in [3.63, 3.8) is 0 Å². The number of aryl methyl sites for hydroxylation is 2. The molecule has 2 aromatic rings. The molecule has 130 valence electrons. The molecular formula is C18H25N3OS2. The molecule has 0 aliphatic heterocycles. The molecule has 0 unspecified atom stereocenters. The second-order valence-electron chi connectivity index (χ2n) is 6.45. The Bertz CT molecular complexity index is 722. The summed E-state index contributed by atoms with van der Waals surface area (Å²) in [5.41, 5.74) is 0. The Kier molecular flexibility index (Phi) is 5.76. The molecule has 1 fully saturated rings. The van der Waals surface area contributed by atoms with Crippen LogP contribution in [0, 0.1) is 6.92 Å². The minimum atomic E-state index is 0.210. The average Bonchev–Trinajstić information content (AvgIpc) is 3.02. The minimum Gasteiger partial charge on any atom is -0.342 e. The van der Waals surface area contributed by atoms with Crippen LogP contribution < -0.4 is 0 Å². The van der Waals surface area contributed by atoms with Crippen LogP contribution >= 0.6 is 23.1 Å². The van der Waals surface area contributed by atoms with Crippen molar-refractivity contribution in [2.24, 2.45) is 0 Å². The van der Waals surface area contributed by atoms with E-state index < -0.39 is 0 Å². The molecule has 1 aliphatic carbocycles. The third-order valence-corrected chi connectivity index (χ3v) is 6.87. The van der Waals surface area contributed by atoms with Gasteiger partial charge >= 0.3 is 0 Å². The summed E-state index contributed by atoms with van der Waals surface area (Å²) in [6.45, 7) is 4.07. The van der Waals surface area contributed by atoms with Crippen molar-refractivity contribution in [1.29, 1.82) is 0 Å². The summed E-state index contributed by atoms with van der Waals surface area (Å²) in [7, 11) is 1.96. The molecule has 0 atom stereocenters. The molecule has 0 spiro atoms. The summed E-state index contributed by atoms with van der Waals surface area (Å²) < 4.78 is 0. The molecule has 0 saturated heterocycles. The van der Waals surface area contributed by atoms with Crippen LogP contribution in [-0.4, -0.2) is 39.6 Å². The van der Waals surface area contributed by atoms with E-state index in [4.69, 9.17) is 0 Å². The molecule has 4 nitrogen and oxygen atoms in total. The summed E-state index contributed by atoms with van der Waals surface area (Å²) >= 11 is 3.28. The summed E-state index contributed by atoms with van der Waals surface area (Å²) in [6.07, 6.45) is 7.10. The van der Waals surface area contributed by atoms with Gasteiger partial charge in [-0.2, -0.15) is 0 Å². The third kappa shape index (κ3) is 3.91. The number of thiophene rings is 1. The maximum Gasteiger partial charge on any atom is 0.232 e. The van der Waals surface area contributed by atoms with E-state index in [2.05, 4.69) is 23.0 Å². The largest absolute Gasteiger partial charge is 0.342 e. The van der Waals surface area contributed by atoms with Gasteiger partial charge in [-0.1, -0.05) is 37.9 Å². The number of thioether (sulfide) groups is 1. The number of amides is 1. The molecule has 1 aliphatic rings. The molecule has 6 heteroatoms. The fourth-order valence-electron chi connectivity index (χ4n) is 3.23. The van der Waals surface area contributed by atoms with Gasteiger partial charge in [-0.25, -0.2) is 9.97 Å². The predicted molar refractivity (Wildman–Crippen MR) is 102 cm³/mol. The van der Waals surface area contributed by atoms with Crippen LogP contribution in [0.3, 0.4) is 0 Å². The zero-order valence-corrected chi connectivity index (χ0v) is 16.3. The molecule has 0 bridgehead atoms. The van der Waals surface area contributed by atoms with E-state index in [-0.39, 0.29) is 5.91 Å². The summed E-state index contributed by atoms with van der Waals surface area (Å²) in [5.74, 6) is 1.44. The lowest BCUT2D eigenvalue weighted by molar-refractivity contribution is -0.129. The standard InChI is InChI=1S/C18H25N3OS2/c1-4-14-10-15-17(19-12(2)20-18(15)24-14)23-11-16(22)21(3)13-8-6-5-7-9-13/h10,13H,4-9,11H2,1-3H3. The average molecular weight is 364 g/mol. The number of carbonyl (C=O) groups is 1. The quantitative estimate of drug-likeness (QED) is 0.582. The molecule has 1 amide bonds. The number of carbonyl (C=O) groups excluding carboxylic acids is 1. The topological polar surface area (TPSA) is 46.1 Å². The van der Waals surface area contributed by atoms with Gasteiger partial charge in [0.15, 0.2) is 0 Å². The van der Waals surface area contributed by atoms with Crippen molar-refractivity contribution in [2.75, 3.05) is 12.8 Å². The van der Waals surface area contributed by atoms with Crippen LogP contribution in [0.25, 0.3) is 10.2 Å². The van der Waals surface area contributed by atoms with Gasteiger partial charge in [0.05, 0.1) is 5.75 Å². The number of hydrogen-bond donors (Lipinski definition) is 0. The van der Waals surface area contributed by atoms with E-state index in [1.54, 1.807) is 23.1 Å². The Balaban J connectivity index is 1.70. The van der Waals surface area contributed by atoms with E-state index in [9.17, 15) is 4.79 Å². The summed E-state index contributed by atoms with van der Waals surface area (Å²) in [4.78, 5) is 26.0. The summed E-state index contributed by atoms with van der Waals surface area (Å²) in [5, 5.41) is 2.04. The van der Waals surface area contributed by atoms with Gasteiger partial charge in [-0.15, -0.1) is 11.3 Å². The lowest BCUT2D eigenvalue weighted by Gasteiger charge is -2.31. The molecule has 1 saturated carbocycles. The predicted octanol–water partition coefficient (Wildman–Crippen LogP) is 4.45. The minimum absolute atomic E-state index is 0.210. The first-order valence-electron chi connectivity index (χ1n) is 8.74. The monoisotopic (exact) mass is 363 g/mol. The molecule has 0 radical (unpaired) electrons. The van der Waals surface area contributed by atoms with E-state index in [1.807, 2.05) is 18.9 Å². The van der Waals surface area contributed by atoms with Crippen LogP contribution in [0.15, 0.2) is 11.1 Å². The van der Waals surface area contributed by atoms with Crippen molar-refractivity contribution in [2.45, 2.75) is 63.4 Å². The molecule has 0 N–H and O–H groups in total. The highest BCUT2D eigenvalue weighted by molar-refractivity contribution is 8.00. The smallest absolute Gasteiger partial charge is 0.232 e. The van der Waals surface area contributed by atoms with Crippen LogP contribution in [0.2, 0.25) is 0 Å². The fourth-order valence-corrected chi connectivity index (χ4v) is 5.28. The third-order valence-electron chi connectivity index (χ3n) is 4.72. The molecule has 0 aromatic carbocycles. The van der Waals surface area contributed by atoms with E-state index in [0.29, 0.717) is 11.8 Å². The van der Waals surface area contributed by atoms with Crippen LogP contribution in [0.4, 0.5) is 0 Å². The van der Waals surface area contributed by atoms with Crippen molar-refractivity contribution < 1.29 is 4.79 Å². The Hall–Kier alpha value is -1.14. The van der Waals surface area contributed by atoms with Crippen LogP contribution in [-0.2, 0) is 11.2 Å². The fraction of sp³-hybridized carbons (Fsp3) is 0.611. The number of nitrogens with zero attached hydrogens (tertiary/aromatic N) is 3. The van der Waals surface area contributed by atoms with Gasteiger partial charge < -0.3 is 4.90 Å². The number of fused-ring (bicyclic) bond motifs is 1. The first-order valence-corrected chi connectivity index (χ1v) is 10.5. The maximum atomic E-state index is 12.6. The van der Waals surface area contributed by atoms with Crippen molar-refractivity contribution in [1.82, 2.24) is 14.9 Å². The van der Waals surface area contributed by atoms with Crippen molar-refractivity contribution in [3.05, 3.63) is 16.8 Å². The Labute approximate surface area is 152 Å². The van der Waals surface area contributed by atoms with E-state index >= 15 is 0 Å². The summed E-state index contributed by atoms with van der Waals surface area (Å²) in [6, 6.07) is 2.60. The van der Waals surface area contributed by atoms with Gasteiger partial charge in [0.25, 0.3) is 0 Å². The van der Waals surface area contributed by atoms with Gasteiger partial charge in [0.2, 0.25) is 5.91 Å². The Morgan fingerprint density at radius 1 is 1.33 bits per heavy atom. The van der Waals surface area contributed by atoms with E-state index in [1.165, 1.54) is 24.1 Å². The highest BCUT2D eigenvalue weighted by Gasteiger charge is 2.22. The lowest BCUT2D eigenvalue weighted by atomic mass is 9.94. The zero-order chi connectivity index (χ0) is 17.1. The van der Waals surface area contributed by atoms with Crippen LogP contribution in [0.1, 0.15) is 49.7 Å². The SMILES string of the molecule is CCc1cc2c(SCC(=O)N(C)C3CCCCC3)nc(C)nc2s1. The molecule has 2 heterocycles. The van der Waals surface area contributed by atoms with Crippen molar-refractivity contribution >= 4 is 39.2 Å². The highest BCUT2D eigenvalue weighted by atomic mass is 32.2. The van der Waals surface area contributed by atoms with Gasteiger partial charge in [-0.05, 0) is 32.3 Å². The normalized spacial score (nSPS) is 15.8. The number of aromatic nitrogens is 2. The molecule has 24 heavy (non-hydrogen) atoms. The second-order valence-corrected chi connectivity index (χ2v) is 8.53. The van der Waals surface area contributed by atoms with Crippen LogP contribution in [0.5, 0.6) is 0 Å². The second kappa shape index (κ2) is 7.83. The first kappa shape index (κ1) is 17.7. The lowest BCUT2D eigenvalue weighted by Crippen LogP contribution is -2.39. The van der Waals surface area contributed by atoms with Crippen molar-refractivity contribution in [3.8, 4) is 0 Å². The highest BCUT2D eigenvalue weighted by Crippen LogP contribution is 2.32. The van der Waals surface area contributed by atoms with E-state index in [0.717, 1.165) is 40.3 Å². The first-order chi connectivity index (χ1) is 11.6.